The van der Waals surface area contributed by atoms with Gasteiger partial charge in [-0.2, -0.15) is 8.42 Å². The second-order valence-corrected chi connectivity index (χ2v) is 15.4. The van der Waals surface area contributed by atoms with Crippen molar-refractivity contribution in [1.29, 1.82) is 0 Å². The van der Waals surface area contributed by atoms with Crippen molar-refractivity contribution in [2.24, 2.45) is 0 Å². The summed E-state index contributed by atoms with van der Waals surface area (Å²) in [4.78, 5) is 0.0213. The van der Waals surface area contributed by atoms with Crippen LogP contribution in [0.2, 0.25) is 0 Å². The van der Waals surface area contributed by atoms with Crippen LogP contribution < -0.4 is 34.9 Å². The number of hydrogen-bond acceptors (Lipinski definition) is 2. The first-order valence-electron chi connectivity index (χ1n) is 13.7. The van der Waals surface area contributed by atoms with Crippen molar-refractivity contribution < 1.29 is 49.4 Å². The average Bonchev–Trinajstić information content (AvgIpc) is 2.84. The van der Waals surface area contributed by atoms with E-state index in [0.29, 0.717) is 0 Å². The summed E-state index contributed by atoms with van der Waals surface area (Å²) >= 11 is 0. The van der Waals surface area contributed by atoms with Gasteiger partial charge in [0.25, 0.3) is 10.1 Å². The van der Waals surface area contributed by atoms with Crippen molar-refractivity contribution in [2.75, 3.05) is 0 Å². The normalized spacial score (nSPS) is 17.6. The van der Waals surface area contributed by atoms with Crippen molar-refractivity contribution in [3.63, 3.8) is 0 Å². The van der Waals surface area contributed by atoms with Gasteiger partial charge in [-0.3, -0.25) is 4.55 Å². The molecule has 4 rings (SSSR count). The van der Waals surface area contributed by atoms with Crippen LogP contribution in [0.4, 0.5) is 0 Å². The Labute approximate surface area is 250 Å². The topological polar surface area (TPSA) is 85.9 Å². The molecule has 0 radical (unpaired) electrons. The fourth-order valence-corrected chi connectivity index (χ4v) is 10.9. The minimum atomic E-state index is -4.27. The summed E-state index contributed by atoms with van der Waals surface area (Å²) < 4.78 is 34.3. The first kappa shape index (κ1) is 32.9. The summed E-state index contributed by atoms with van der Waals surface area (Å²) in [5.41, 5.74) is 6.16. The largest absolute Gasteiger partial charge is 1.00 e. The van der Waals surface area contributed by atoms with Crippen molar-refractivity contribution >= 4 is 23.3 Å². The molecule has 0 heterocycles. The van der Waals surface area contributed by atoms with Crippen LogP contribution in [0.15, 0.2) is 41.3 Å². The van der Waals surface area contributed by atoms with E-state index in [1.807, 2.05) is 0 Å². The average molecular weight is 557 g/mol. The summed E-state index contributed by atoms with van der Waals surface area (Å²) in [6, 6.07) is 12.5. The maximum atomic E-state index is 12.2. The van der Waals surface area contributed by atoms with Gasteiger partial charge < -0.3 is 6.90 Å². The predicted octanol–water partition coefficient (Wildman–Crippen LogP) is 4.91. The molecule has 2 aromatic carbocycles. The monoisotopic (exact) mass is 556 g/mol. The van der Waals surface area contributed by atoms with Crippen LogP contribution in [0.3, 0.4) is 0 Å². The van der Waals surface area contributed by atoms with E-state index in [0.717, 1.165) is 22.4 Å². The second-order valence-electron chi connectivity index (χ2n) is 11.3. The summed E-state index contributed by atoms with van der Waals surface area (Å²) in [7, 11) is -4.57. The van der Waals surface area contributed by atoms with Crippen molar-refractivity contribution in [3.8, 4) is 11.1 Å². The molecule has 2 saturated carbocycles. The summed E-state index contributed by atoms with van der Waals surface area (Å²) in [5, 5.41) is 1.53. The Bertz CT molecular complexity index is 1080. The smallest absolute Gasteiger partial charge is 1.00 e. The summed E-state index contributed by atoms with van der Waals surface area (Å²) in [6.07, 6.45) is 13.6. The maximum Gasteiger partial charge on any atom is 1.00 e. The van der Waals surface area contributed by atoms with Crippen LogP contribution in [-0.4, -0.2) is 29.8 Å². The minimum Gasteiger partial charge on any atom is -1.00 e. The van der Waals surface area contributed by atoms with Crippen molar-refractivity contribution in [1.82, 2.24) is 0 Å². The third kappa shape index (κ3) is 7.69. The van der Waals surface area contributed by atoms with Crippen LogP contribution in [0.5, 0.6) is 0 Å². The van der Waals surface area contributed by atoms with Gasteiger partial charge in [-0.25, -0.2) is 0 Å². The summed E-state index contributed by atoms with van der Waals surface area (Å²) in [6.45, 7) is 8.52. The molecule has 2 fully saturated rings. The van der Waals surface area contributed by atoms with E-state index >= 15 is 0 Å². The van der Waals surface area contributed by atoms with Gasteiger partial charge in [-0.15, -0.1) is 0 Å². The Morgan fingerprint density at radius 1 is 0.811 bits per heavy atom. The predicted molar refractivity (Wildman–Crippen MR) is 155 cm³/mol. The van der Waals surface area contributed by atoms with E-state index in [1.54, 1.807) is 12.1 Å². The van der Waals surface area contributed by atoms with Crippen LogP contribution in [0.1, 0.15) is 116 Å². The van der Waals surface area contributed by atoms with Gasteiger partial charge in [0.15, 0.2) is 0 Å². The molecule has 0 spiro atoms. The standard InChI is InChI=1S/C30H43O3PS.Na.H2O.H/c1-21(2)27-19-25(35(31,32)33)20-28(22(3)4)30(27)26-17-11-12-18-29(26)34(23-13-7-5-8-14-23)24-15-9-6-10-16-24;;;/h11-12,17-24H,5-10,13-16H2,1-4H3,(H,31,32,33);;1H2;/q;+1;;-1. The van der Waals surface area contributed by atoms with E-state index in [9.17, 15) is 13.0 Å². The van der Waals surface area contributed by atoms with Gasteiger partial charge in [0.2, 0.25) is 0 Å². The first-order chi connectivity index (χ1) is 16.7. The molecule has 0 unspecified atom stereocenters. The number of benzene rings is 2. The van der Waals surface area contributed by atoms with E-state index in [-0.39, 0.29) is 61.1 Å². The zero-order valence-corrected chi connectivity index (χ0v) is 27.2. The third-order valence-electron chi connectivity index (χ3n) is 8.10. The molecule has 7 heteroatoms. The third-order valence-corrected chi connectivity index (χ3v) is 12.5. The second kappa shape index (κ2) is 14.4. The van der Waals surface area contributed by atoms with Gasteiger partial charge >= 0.3 is 29.6 Å². The Hall–Kier alpha value is -0.260. The molecule has 2 aromatic rings. The van der Waals surface area contributed by atoms with Gasteiger partial charge in [-0.05, 0) is 88.5 Å². The SMILES string of the molecule is CC(C)c1cc(S(=O)(=O)O)cc(C(C)C)c1-c1ccccc1P(C1CCCCC1)C1CCCCC1.O.[H-].[Na+]. The molecule has 0 atom stereocenters. The molecule has 2 aliphatic rings. The quantitative estimate of drug-likeness (QED) is 0.299. The Kier molecular flexibility index (Phi) is 12.8. The Balaban J connectivity index is 0.00000241. The van der Waals surface area contributed by atoms with Crippen LogP contribution in [-0.2, 0) is 10.1 Å². The number of hydrogen-bond donors (Lipinski definition) is 1. The Morgan fingerprint density at radius 2 is 1.24 bits per heavy atom. The summed E-state index contributed by atoms with van der Waals surface area (Å²) in [5.74, 6) is 0.292. The zero-order chi connectivity index (χ0) is 25.2. The van der Waals surface area contributed by atoms with Gasteiger partial charge in [-0.1, -0.05) is 98.4 Å². The molecule has 0 aliphatic heterocycles. The fourth-order valence-electron chi connectivity index (χ4n) is 6.35. The molecule has 3 N–H and O–H groups in total. The maximum absolute atomic E-state index is 12.2. The van der Waals surface area contributed by atoms with Gasteiger partial charge in [0.05, 0.1) is 4.90 Å². The van der Waals surface area contributed by atoms with Crippen LogP contribution in [0.25, 0.3) is 11.1 Å². The Morgan fingerprint density at radius 3 is 1.65 bits per heavy atom. The molecule has 202 valence electrons. The molecule has 37 heavy (non-hydrogen) atoms. The number of rotatable bonds is 7. The van der Waals surface area contributed by atoms with Crippen LogP contribution in [0, 0.1) is 0 Å². The van der Waals surface area contributed by atoms with E-state index in [1.165, 1.54) is 80.6 Å². The first-order valence-corrected chi connectivity index (χ1v) is 16.6. The van der Waals surface area contributed by atoms with Gasteiger partial charge in [0.1, 0.15) is 0 Å². The minimum absolute atomic E-state index is 0. The molecule has 2 aliphatic carbocycles. The van der Waals surface area contributed by atoms with E-state index in [4.69, 9.17) is 0 Å². The molecule has 0 aromatic heterocycles. The van der Waals surface area contributed by atoms with Crippen molar-refractivity contribution in [2.45, 2.75) is 120 Å². The molecular formula is C30H46NaO4PS. The fraction of sp³-hybridized carbons (Fsp3) is 0.600. The molecule has 4 nitrogen and oxygen atoms in total. The van der Waals surface area contributed by atoms with E-state index in [2.05, 4.69) is 52.0 Å². The zero-order valence-electron chi connectivity index (χ0n) is 24.5. The van der Waals surface area contributed by atoms with E-state index < -0.39 is 10.1 Å². The van der Waals surface area contributed by atoms with Gasteiger partial charge in [0, 0.05) is 0 Å². The van der Waals surface area contributed by atoms with Crippen LogP contribution >= 0.6 is 7.92 Å². The molecule has 0 bridgehead atoms. The molecular weight excluding hydrogens is 510 g/mol. The molecule has 0 amide bonds. The van der Waals surface area contributed by atoms with Crippen molar-refractivity contribution in [3.05, 3.63) is 47.5 Å². The molecule has 0 saturated heterocycles.